The molecule has 1 heterocycles. The first-order valence-corrected chi connectivity index (χ1v) is 6.48. The lowest BCUT2D eigenvalue weighted by Crippen LogP contribution is -2.70. The van der Waals surface area contributed by atoms with Crippen LogP contribution in [0.15, 0.2) is 30.3 Å². The molecule has 0 spiro atoms. The summed E-state index contributed by atoms with van der Waals surface area (Å²) in [5, 5.41) is 5.22. The van der Waals surface area contributed by atoms with Gasteiger partial charge in [-0.1, -0.05) is 37.3 Å². The smallest absolute Gasteiger partial charge is 0.292 e. The molecule has 0 radical (unpaired) electrons. The van der Waals surface area contributed by atoms with Crippen LogP contribution >= 0.6 is 0 Å². The van der Waals surface area contributed by atoms with E-state index in [1.165, 1.54) is 7.05 Å². The number of likely N-dealkylation sites (N-methyl/N-ethyl adjacent to an activating group) is 1. The minimum absolute atomic E-state index is 0.482. The van der Waals surface area contributed by atoms with Crippen LogP contribution in [-0.4, -0.2) is 36.3 Å². The fraction of sp³-hybridized carbons (Fsp3) is 0.357. The van der Waals surface area contributed by atoms with Gasteiger partial charge in [0.2, 0.25) is 5.54 Å². The number of rotatable bonds is 4. The van der Waals surface area contributed by atoms with E-state index in [2.05, 4.69) is 10.6 Å². The molecule has 0 saturated carbocycles. The summed E-state index contributed by atoms with van der Waals surface area (Å²) in [6.45, 7) is 2.42. The van der Waals surface area contributed by atoms with Crippen molar-refractivity contribution in [3.8, 4) is 0 Å². The second-order valence-electron chi connectivity index (χ2n) is 4.67. The molecule has 1 aliphatic heterocycles. The largest absolute Gasteiger partial charge is 0.330 e. The fourth-order valence-electron chi connectivity index (χ4n) is 2.23. The molecule has 1 saturated heterocycles. The molecule has 2 N–H and O–H groups in total. The number of nitrogens with zero attached hydrogens (tertiary/aromatic N) is 1. The minimum Gasteiger partial charge on any atom is -0.292 e. The Labute approximate surface area is 117 Å². The number of amides is 4. The number of imide groups is 2. The average molecular weight is 275 g/mol. The molecule has 1 unspecified atom stereocenters. The lowest BCUT2D eigenvalue weighted by atomic mass is 9.85. The first-order valence-electron chi connectivity index (χ1n) is 6.48. The lowest BCUT2D eigenvalue weighted by Gasteiger charge is -2.38. The van der Waals surface area contributed by atoms with Gasteiger partial charge in [-0.05, 0) is 18.5 Å². The molecule has 106 valence electrons. The van der Waals surface area contributed by atoms with Gasteiger partial charge in [-0.3, -0.25) is 25.1 Å². The predicted octanol–water partition coefficient (Wildman–Crippen LogP) is 0.590. The number of urea groups is 1. The third kappa shape index (κ3) is 2.08. The van der Waals surface area contributed by atoms with Crippen LogP contribution in [0, 0.1) is 0 Å². The summed E-state index contributed by atoms with van der Waals surface area (Å²) in [7, 11) is 1.36. The summed E-state index contributed by atoms with van der Waals surface area (Å²) in [5.74, 6) is -1.20. The number of hydrogen-bond acceptors (Lipinski definition) is 4. The highest BCUT2D eigenvalue weighted by atomic mass is 16.2. The van der Waals surface area contributed by atoms with E-state index in [4.69, 9.17) is 0 Å². The standard InChI is InChI=1S/C14H17N3O3/c1-3-9-15-14(10-7-5-4-6-8-10)11(18)16-13(20)17(2)12(14)19/h4-8,15H,3,9H2,1-2H3,(H,16,18,20). The Balaban J connectivity index is 2.53. The zero-order chi connectivity index (χ0) is 14.8. The highest BCUT2D eigenvalue weighted by Gasteiger charge is 2.53. The van der Waals surface area contributed by atoms with Crippen molar-refractivity contribution in [1.29, 1.82) is 0 Å². The van der Waals surface area contributed by atoms with E-state index < -0.39 is 23.4 Å². The molecule has 0 aliphatic carbocycles. The van der Waals surface area contributed by atoms with Crippen LogP contribution in [0.1, 0.15) is 18.9 Å². The van der Waals surface area contributed by atoms with Gasteiger partial charge in [0.25, 0.3) is 11.8 Å². The molecule has 1 aromatic rings. The van der Waals surface area contributed by atoms with Gasteiger partial charge >= 0.3 is 6.03 Å². The first kappa shape index (κ1) is 14.2. The molecular formula is C14H17N3O3. The fourth-order valence-corrected chi connectivity index (χ4v) is 2.23. The van der Waals surface area contributed by atoms with Crippen molar-refractivity contribution in [1.82, 2.24) is 15.5 Å². The average Bonchev–Trinajstić information content (AvgIpc) is 2.46. The predicted molar refractivity (Wildman–Crippen MR) is 72.7 cm³/mol. The Morgan fingerprint density at radius 3 is 2.45 bits per heavy atom. The maximum absolute atomic E-state index is 12.6. The molecular weight excluding hydrogens is 258 g/mol. The van der Waals surface area contributed by atoms with Crippen LogP contribution in [0.5, 0.6) is 0 Å². The molecule has 2 rings (SSSR count). The Kier molecular flexibility index (Phi) is 3.85. The number of carbonyl (C=O) groups is 3. The molecule has 0 aromatic heterocycles. The van der Waals surface area contributed by atoms with Crippen LogP contribution in [0.2, 0.25) is 0 Å². The Hall–Kier alpha value is -2.21. The minimum atomic E-state index is -1.54. The van der Waals surface area contributed by atoms with E-state index in [0.29, 0.717) is 12.1 Å². The van der Waals surface area contributed by atoms with E-state index in [1.807, 2.05) is 6.92 Å². The van der Waals surface area contributed by atoms with Gasteiger partial charge in [-0.15, -0.1) is 0 Å². The summed E-state index contributed by atoms with van der Waals surface area (Å²) < 4.78 is 0. The third-order valence-corrected chi connectivity index (χ3v) is 3.34. The van der Waals surface area contributed by atoms with Gasteiger partial charge < -0.3 is 0 Å². The van der Waals surface area contributed by atoms with Crippen molar-refractivity contribution in [2.75, 3.05) is 13.6 Å². The number of barbiturate groups is 1. The van der Waals surface area contributed by atoms with Gasteiger partial charge in [0.15, 0.2) is 0 Å². The van der Waals surface area contributed by atoms with Crippen LogP contribution < -0.4 is 10.6 Å². The molecule has 0 bridgehead atoms. The lowest BCUT2D eigenvalue weighted by molar-refractivity contribution is -0.146. The molecule has 1 atom stereocenters. The Morgan fingerprint density at radius 1 is 1.20 bits per heavy atom. The summed E-state index contributed by atoms with van der Waals surface area (Å²) in [5.41, 5.74) is -1.02. The number of benzene rings is 1. The van der Waals surface area contributed by atoms with E-state index >= 15 is 0 Å². The second kappa shape index (κ2) is 5.42. The summed E-state index contributed by atoms with van der Waals surface area (Å²) >= 11 is 0. The zero-order valence-electron chi connectivity index (χ0n) is 11.5. The summed E-state index contributed by atoms with van der Waals surface area (Å²) in [6, 6.07) is 8.00. The molecule has 4 amide bonds. The zero-order valence-corrected chi connectivity index (χ0v) is 11.5. The van der Waals surface area contributed by atoms with Gasteiger partial charge in [-0.25, -0.2) is 4.79 Å². The van der Waals surface area contributed by atoms with Crippen LogP contribution in [0.4, 0.5) is 4.79 Å². The SMILES string of the molecule is CCCNC1(c2ccccc2)C(=O)NC(=O)N(C)C1=O. The monoisotopic (exact) mass is 275 g/mol. The van der Waals surface area contributed by atoms with Crippen molar-refractivity contribution >= 4 is 17.8 Å². The topological polar surface area (TPSA) is 78.5 Å². The molecule has 6 heteroatoms. The normalized spacial score (nSPS) is 22.9. The first-order chi connectivity index (χ1) is 9.54. The van der Waals surface area contributed by atoms with Crippen LogP contribution in [0.25, 0.3) is 0 Å². The van der Waals surface area contributed by atoms with Crippen molar-refractivity contribution in [3.05, 3.63) is 35.9 Å². The molecule has 6 nitrogen and oxygen atoms in total. The molecule has 1 aromatic carbocycles. The van der Waals surface area contributed by atoms with E-state index in [0.717, 1.165) is 11.3 Å². The van der Waals surface area contributed by atoms with E-state index in [9.17, 15) is 14.4 Å². The highest BCUT2D eigenvalue weighted by Crippen LogP contribution is 2.27. The molecule has 1 aliphatic rings. The van der Waals surface area contributed by atoms with Gasteiger partial charge in [0.1, 0.15) is 0 Å². The Bertz CT molecular complexity index is 544. The second-order valence-corrected chi connectivity index (χ2v) is 4.67. The highest BCUT2D eigenvalue weighted by molar-refractivity contribution is 6.22. The molecule has 1 fully saturated rings. The van der Waals surface area contributed by atoms with Crippen LogP contribution in [0.3, 0.4) is 0 Å². The maximum Gasteiger partial charge on any atom is 0.330 e. The van der Waals surface area contributed by atoms with Crippen molar-refractivity contribution in [2.24, 2.45) is 0 Å². The third-order valence-electron chi connectivity index (χ3n) is 3.34. The van der Waals surface area contributed by atoms with Crippen molar-refractivity contribution in [2.45, 2.75) is 18.9 Å². The number of nitrogens with one attached hydrogen (secondary N) is 2. The van der Waals surface area contributed by atoms with Gasteiger partial charge in [0, 0.05) is 7.05 Å². The maximum atomic E-state index is 12.6. The summed E-state index contributed by atoms with van der Waals surface area (Å²) in [6.07, 6.45) is 0.757. The van der Waals surface area contributed by atoms with Crippen molar-refractivity contribution < 1.29 is 14.4 Å². The van der Waals surface area contributed by atoms with Gasteiger partial charge in [-0.2, -0.15) is 0 Å². The van der Waals surface area contributed by atoms with Crippen molar-refractivity contribution in [3.63, 3.8) is 0 Å². The van der Waals surface area contributed by atoms with E-state index in [1.54, 1.807) is 30.3 Å². The van der Waals surface area contributed by atoms with Crippen LogP contribution in [-0.2, 0) is 15.1 Å². The number of hydrogen-bond donors (Lipinski definition) is 2. The number of carbonyl (C=O) groups excluding carboxylic acids is 3. The van der Waals surface area contributed by atoms with Gasteiger partial charge in [0.05, 0.1) is 0 Å². The van der Waals surface area contributed by atoms with E-state index in [-0.39, 0.29) is 0 Å². The summed E-state index contributed by atoms with van der Waals surface area (Å²) in [4.78, 5) is 37.4. The molecule has 20 heavy (non-hydrogen) atoms. The Morgan fingerprint density at radius 2 is 1.85 bits per heavy atom. The quantitative estimate of drug-likeness (QED) is 0.788.